The zero-order valence-corrected chi connectivity index (χ0v) is 25.7. The zero-order valence-electron chi connectivity index (χ0n) is 20.7. The minimum absolute atomic E-state index is 0.623. The maximum Gasteiger partial charge on any atom is 0.183 e. The fourth-order valence-electron chi connectivity index (χ4n) is 3.65. The third-order valence-electron chi connectivity index (χ3n) is 5.26. The summed E-state index contributed by atoms with van der Waals surface area (Å²) >= 11 is -1.76. The van der Waals surface area contributed by atoms with Crippen molar-refractivity contribution in [3.8, 4) is 5.75 Å². The Hall–Kier alpha value is -1.55. The van der Waals surface area contributed by atoms with Gasteiger partial charge in [0, 0.05) is 5.75 Å². The Morgan fingerprint density at radius 2 is 1.26 bits per heavy atom. The van der Waals surface area contributed by atoms with Crippen molar-refractivity contribution in [1.29, 1.82) is 0 Å². The van der Waals surface area contributed by atoms with Crippen LogP contribution < -0.4 is 4.74 Å². The van der Waals surface area contributed by atoms with Crippen LogP contribution in [0.2, 0.25) is 19.6 Å². The number of hydrogen-bond donors (Lipinski definition) is 0. The van der Waals surface area contributed by atoms with Crippen LogP contribution >= 0.6 is 17.0 Å². The largest absolute Gasteiger partial charge is 0.543 e. The topological polar surface area (TPSA) is 18.5 Å². The van der Waals surface area contributed by atoms with Gasteiger partial charge in [-0.05, 0) is 19.6 Å². The van der Waals surface area contributed by atoms with E-state index in [2.05, 4.69) is 92.4 Å². The predicted molar refractivity (Wildman–Crippen MR) is 155 cm³/mol. The summed E-state index contributed by atoms with van der Waals surface area (Å²) in [6.45, 7) is 9.75. The maximum atomic E-state index is 5.75. The summed E-state index contributed by atoms with van der Waals surface area (Å²) in [5.41, 5.74) is 0. The van der Waals surface area contributed by atoms with Gasteiger partial charge in [-0.2, -0.15) is 0 Å². The first-order chi connectivity index (χ1) is 16.8. The SMILES string of the molecule is C[CH]=[Zr]([Cl])[Cl].C[Si](C)(C)OCCOc1c[cH-]c2ccccc12.c1ccc2c(c1)[cH-]c1ccccc12. The van der Waals surface area contributed by atoms with Crippen LogP contribution in [0.5, 0.6) is 5.75 Å². The summed E-state index contributed by atoms with van der Waals surface area (Å²) < 4.78 is 13.4. The minimum atomic E-state index is -1.76. The van der Waals surface area contributed by atoms with Gasteiger partial charge in [-0.25, -0.2) is 0 Å². The van der Waals surface area contributed by atoms with Crippen molar-refractivity contribution < 1.29 is 28.0 Å². The third kappa shape index (κ3) is 8.81. The van der Waals surface area contributed by atoms with Gasteiger partial charge < -0.3 is 9.16 Å². The molecule has 0 fully saturated rings. The molecule has 0 aliphatic rings. The molecule has 0 amide bonds. The van der Waals surface area contributed by atoms with Gasteiger partial charge in [0.2, 0.25) is 0 Å². The number of benzene rings is 3. The average molecular weight is 603 g/mol. The van der Waals surface area contributed by atoms with Gasteiger partial charge in [0.15, 0.2) is 8.32 Å². The normalized spacial score (nSPS) is 10.9. The molecule has 5 rings (SSSR count). The molecule has 184 valence electrons. The molecule has 0 aliphatic heterocycles. The number of hydrogen-bond acceptors (Lipinski definition) is 2. The monoisotopic (exact) mass is 600 g/mol. The zero-order chi connectivity index (χ0) is 25.3. The van der Waals surface area contributed by atoms with E-state index in [1.54, 1.807) is 0 Å². The summed E-state index contributed by atoms with van der Waals surface area (Å²) in [5.74, 6) is 0.958. The molecule has 0 heterocycles. The molecule has 0 aliphatic carbocycles. The number of fused-ring (bicyclic) bond motifs is 4. The van der Waals surface area contributed by atoms with Crippen LogP contribution in [0.25, 0.3) is 32.3 Å². The predicted octanol–water partition coefficient (Wildman–Crippen LogP) is 9.24. The minimum Gasteiger partial charge on any atom is -0.543 e. The standard InChI is InChI=1S/C14H19O2Si.C13H9.C2H4.2ClH.Zr/c1-17(2,3)16-11-10-15-14-9-8-12-6-4-5-7-13(12)14;1-3-7-12-10(5-1)9-11-6-2-4-8-13(11)12;1-2;;;/h4-9H,10-11H2,1-3H3;1-9H;1H,2H3;2*1H;/q2*-1;;;;+2/p-2. The molecule has 2 nitrogen and oxygen atoms in total. The molecule has 5 aromatic carbocycles. The first-order valence-electron chi connectivity index (χ1n) is 11.7. The van der Waals surface area contributed by atoms with E-state index >= 15 is 0 Å². The molecule has 0 bridgehead atoms. The number of halogens is 2. The molecule has 0 unspecified atom stereocenters. The van der Waals surface area contributed by atoms with Crippen molar-refractivity contribution in [3.63, 3.8) is 0 Å². The van der Waals surface area contributed by atoms with Crippen molar-refractivity contribution >= 4 is 61.4 Å². The molecule has 6 heteroatoms. The van der Waals surface area contributed by atoms with Gasteiger partial charge in [0.05, 0.1) is 13.2 Å². The quantitative estimate of drug-likeness (QED) is 0.113. The van der Waals surface area contributed by atoms with Crippen LogP contribution in [0.4, 0.5) is 0 Å². The van der Waals surface area contributed by atoms with E-state index in [1.165, 1.54) is 32.3 Å². The summed E-state index contributed by atoms with van der Waals surface area (Å²) in [6.07, 6.45) is 0. The van der Waals surface area contributed by atoms with Crippen LogP contribution in [0.15, 0.2) is 91.0 Å². The molecule has 0 N–H and O–H groups in total. The Bertz CT molecular complexity index is 1330. The average Bonchev–Trinajstić information content (AvgIpc) is 3.43. The Kier molecular flexibility index (Phi) is 10.9. The summed E-state index contributed by atoms with van der Waals surface area (Å²) in [7, 11) is 9.32. The van der Waals surface area contributed by atoms with Gasteiger partial charge in [-0.15, -0.1) is 75.5 Å². The Morgan fingerprint density at radius 1 is 0.771 bits per heavy atom. The molecule has 0 saturated heterocycles. The molecule has 0 aromatic heterocycles. The summed E-state index contributed by atoms with van der Waals surface area (Å²) in [5, 5.41) is 7.80. The van der Waals surface area contributed by atoms with E-state index in [0.29, 0.717) is 13.2 Å². The van der Waals surface area contributed by atoms with Crippen LogP contribution in [-0.4, -0.2) is 25.2 Å². The summed E-state index contributed by atoms with van der Waals surface area (Å²) in [4.78, 5) is 0. The second-order valence-corrected chi connectivity index (χ2v) is 22.3. The van der Waals surface area contributed by atoms with E-state index in [9.17, 15) is 0 Å². The smallest absolute Gasteiger partial charge is 0.183 e. The molecular formula is C29H32Cl2O2SiZr-2. The summed E-state index contributed by atoms with van der Waals surface area (Å²) in [6, 6.07) is 31.7. The van der Waals surface area contributed by atoms with Crippen LogP contribution in [0.1, 0.15) is 6.92 Å². The molecule has 0 atom stereocenters. The molecular weight excluding hydrogens is 571 g/mol. The van der Waals surface area contributed by atoms with Gasteiger partial charge in [0.25, 0.3) is 0 Å². The van der Waals surface area contributed by atoms with Gasteiger partial charge in [-0.3, -0.25) is 0 Å². The Labute approximate surface area is 224 Å². The van der Waals surface area contributed by atoms with E-state index in [1.807, 2.05) is 28.8 Å². The van der Waals surface area contributed by atoms with Crippen molar-refractivity contribution in [1.82, 2.24) is 0 Å². The Balaban J connectivity index is 0.000000168. The molecule has 35 heavy (non-hydrogen) atoms. The third-order valence-corrected chi connectivity index (χ3v) is 9.98. The Morgan fingerprint density at radius 3 is 1.77 bits per heavy atom. The van der Waals surface area contributed by atoms with Gasteiger partial charge >= 0.3 is 46.5 Å². The number of ether oxygens (including phenoxy) is 1. The van der Waals surface area contributed by atoms with E-state index < -0.39 is 27.2 Å². The fraction of sp³-hybridized carbons (Fsp3) is 0.207. The van der Waals surface area contributed by atoms with E-state index in [4.69, 9.17) is 26.2 Å². The molecule has 5 aromatic rings. The van der Waals surface area contributed by atoms with Crippen molar-refractivity contribution in [2.24, 2.45) is 0 Å². The second kappa shape index (κ2) is 13.7. The first-order valence-corrected chi connectivity index (χ1v) is 22.9. The molecule has 0 saturated carbocycles. The number of rotatable bonds is 5. The molecule has 0 spiro atoms. The van der Waals surface area contributed by atoms with E-state index in [0.717, 1.165) is 5.75 Å². The second-order valence-electron chi connectivity index (χ2n) is 8.99. The first kappa shape index (κ1) is 28.0. The van der Waals surface area contributed by atoms with Crippen LogP contribution in [0.3, 0.4) is 0 Å². The van der Waals surface area contributed by atoms with Crippen molar-refractivity contribution in [2.45, 2.75) is 26.6 Å². The maximum absolute atomic E-state index is 5.75. The van der Waals surface area contributed by atoms with Crippen molar-refractivity contribution in [3.05, 3.63) is 91.0 Å². The van der Waals surface area contributed by atoms with E-state index in [-0.39, 0.29) is 0 Å². The van der Waals surface area contributed by atoms with Gasteiger partial charge in [0.1, 0.15) is 0 Å². The van der Waals surface area contributed by atoms with Crippen LogP contribution in [-0.2, 0) is 23.3 Å². The fourth-order valence-corrected chi connectivity index (χ4v) is 4.35. The molecule has 0 radical (unpaired) electrons. The van der Waals surface area contributed by atoms with Crippen LogP contribution in [0, 0.1) is 0 Å². The van der Waals surface area contributed by atoms with Gasteiger partial charge in [-0.1, -0.05) is 47.9 Å². The van der Waals surface area contributed by atoms with Crippen molar-refractivity contribution in [2.75, 3.05) is 13.2 Å².